The van der Waals surface area contributed by atoms with E-state index in [1.165, 1.54) is 0 Å². The molecule has 1 aromatic carbocycles. The molecule has 0 N–H and O–H groups in total. The molecule has 0 atom stereocenters. The predicted molar refractivity (Wildman–Crippen MR) is 94.4 cm³/mol. The first kappa shape index (κ1) is 16.2. The topological polar surface area (TPSA) is 59.3 Å². The molecule has 1 aliphatic heterocycles. The van der Waals surface area contributed by atoms with Crippen molar-refractivity contribution in [3.05, 3.63) is 53.4 Å². The van der Waals surface area contributed by atoms with E-state index in [0.29, 0.717) is 27.7 Å². The standard InChI is InChI=1S/C19H21N3O2/c1-14-9-11-22(12-10-14)19(23)18-8-4-7-17(20-18)15-5-3-6-16(13-15)21(2)24/h3-8,13-14H,2,9-12H2,1H3. The van der Waals surface area contributed by atoms with Crippen molar-refractivity contribution in [1.29, 1.82) is 0 Å². The number of carbonyl (C=O) groups is 1. The molecule has 1 aliphatic rings. The van der Waals surface area contributed by atoms with Crippen LogP contribution < -0.4 is 0 Å². The van der Waals surface area contributed by atoms with Crippen LogP contribution in [0.25, 0.3) is 11.3 Å². The van der Waals surface area contributed by atoms with Gasteiger partial charge in [-0.05, 0) is 30.9 Å². The monoisotopic (exact) mass is 323 g/mol. The van der Waals surface area contributed by atoms with Crippen LogP contribution in [0.5, 0.6) is 0 Å². The number of aromatic nitrogens is 1. The van der Waals surface area contributed by atoms with Crippen molar-refractivity contribution in [2.24, 2.45) is 5.92 Å². The van der Waals surface area contributed by atoms with Gasteiger partial charge in [-0.3, -0.25) is 4.79 Å². The number of pyridine rings is 1. The summed E-state index contributed by atoms with van der Waals surface area (Å²) in [6, 6.07) is 12.5. The molecule has 1 fully saturated rings. The van der Waals surface area contributed by atoms with Gasteiger partial charge in [-0.1, -0.05) is 25.1 Å². The van der Waals surface area contributed by atoms with Gasteiger partial charge in [0.1, 0.15) is 12.4 Å². The number of hydrogen-bond acceptors (Lipinski definition) is 3. The summed E-state index contributed by atoms with van der Waals surface area (Å²) in [4.78, 5) is 19.0. The quantitative estimate of drug-likeness (QED) is 0.376. The van der Waals surface area contributed by atoms with Gasteiger partial charge in [0.2, 0.25) is 5.69 Å². The van der Waals surface area contributed by atoms with Crippen LogP contribution in [0.4, 0.5) is 5.69 Å². The van der Waals surface area contributed by atoms with Crippen LogP contribution in [0.1, 0.15) is 30.3 Å². The molecule has 1 amide bonds. The molecule has 124 valence electrons. The van der Waals surface area contributed by atoms with E-state index in [9.17, 15) is 10.0 Å². The normalized spacial score (nSPS) is 15.3. The summed E-state index contributed by atoms with van der Waals surface area (Å²) in [5, 5.41) is 11.4. The number of nitrogens with zero attached hydrogens (tertiary/aromatic N) is 3. The molecule has 0 unspecified atom stereocenters. The fourth-order valence-corrected chi connectivity index (χ4v) is 2.91. The van der Waals surface area contributed by atoms with Gasteiger partial charge >= 0.3 is 0 Å². The molecule has 3 rings (SSSR count). The largest absolute Gasteiger partial charge is 0.619 e. The SMILES string of the molecule is C=[N+]([O-])c1cccc(-c2cccc(C(=O)N3CCC(C)CC3)n2)c1. The van der Waals surface area contributed by atoms with Crippen LogP contribution in [0.15, 0.2) is 42.5 Å². The fourth-order valence-electron chi connectivity index (χ4n) is 2.91. The number of benzene rings is 1. The van der Waals surface area contributed by atoms with Gasteiger partial charge in [-0.2, -0.15) is 4.74 Å². The molecule has 0 bridgehead atoms. The predicted octanol–water partition coefficient (Wildman–Crippen LogP) is 3.46. The lowest BCUT2D eigenvalue weighted by molar-refractivity contribution is -0.349. The van der Waals surface area contributed by atoms with E-state index >= 15 is 0 Å². The van der Waals surface area contributed by atoms with Gasteiger partial charge in [-0.15, -0.1) is 0 Å². The zero-order valence-electron chi connectivity index (χ0n) is 13.8. The average molecular weight is 323 g/mol. The number of piperidine rings is 1. The van der Waals surface area contributed by atoms with E-state index in [4.69, 9.17) is 0 Å². The first-order chi connectivity index (χ1) is 11.5. The number of amides is 1. The molecule has 0 radical (unpaired) electrons. The van der Waals surface area contributed by atoms with E-state index in [2.05, 4.69) is 18.6 Å². The Morgan fingerprint density at radius 3 is 2.67 bits per heavy atom. The third kappa shape index (κ3) is 3.45. The lowest BCUT2D eigenvalue weighted by Gasteiger charge is -2.30. The summed E-state index contributed by atoms with van der Waals surface area (Å²) in [5.74, 6) is 0.649. The van der Waals surface area contributed by atoms with E-state index in [-0.39, 0.29) is 5.91 Å². The van der Waals surface area contributed by atoms with E-state index in [1.54, 1.807) is 24.3 Å². The van der Waals surface area contributed by atoms with Gasteiger partial charge in [-0.25, -0.2) is 4.98 Å². The third-order valence-electron chi connectivity index (χ3n) is 4.47. The number of likely N-dealkylation sites (tertiary alicyclic amines) is 1. The molecule has 2 heterocycles. The summed E-state index contributed by atoms with van der Waals surface area (Å²) in [6.45, 7) is 7.14. The maximum atomic E-state index is 12.7. The van der Waals surface area contributed by atoms with Gasteiger partial charge in [0.25, 0.3) is 5.91 Å². The lowest BCUT2D eigenvalue weighted by atomic mass is 9.99. The zero-order chi connectivity index (χ0) is 17.1. The second-order valence-electron chi connectivity index (χ2n) is 6.31. The Balaban J connectivity index is 1.85. The fraction of sp³-hybridized carbons (Fsp3) is 0.316. The molecule has 5 nitrogen and oxygen atoms in total. The molecule has 1 saturated heterocycles. The highest BCUT2D eigenvalue weighted by Gasteiger charge is 2.22. The van der Waals surface area contributed by atoms with Crippen molar-refractivity contribution in [3.8, 4) is 11.3 Å². The van der Waals surface area contributed by atoms with Gasteiger partial charge in [0.05, 0.1) is 5.69 Å². The maximum Gasteiger partial charge on any atom is 0.272 e. The highest BCUT2D eigenvalue weighted by atomic mass is 16.5. The number of hydrogen-bond donors (Lipinski definition) is 0. The van der Waals surface area contributed by atoms with Crippen LogP contribution in [-0.4, -0.2) is 40.3 Å². The highest BCUT2D eigenvalue weighted by molar-refractivity contribution is 5.93. The average Bonchev–Trinajstić information content (AvgIpc) is 2.62. The minimum Gasteiger partial charge on any atom is -0.619 e. The van der Waals surface area contributed by atoms with Crippen molar-refractivity contribution < 1.29 is 9.53 Å². The summed E-state index contributed by atoms with van der Waals surface area (Å²) >= 11 is 0. The molecule has 0 saturated carbocycles. The first-order valence-electron chi connectivity index (χ1n) is 8.19. The summed E-state index contributed by atoms with van der Waals surface area (Å²) in [6.07, 6.45) is 2.08. The highest BCUT2D eigenvalue weighted by Crippen LogP contribution is 2.23. The molecule has 2 aromatic rings. The number of rotatable bonds is 3. The molecule has 0 aliphatic carbocycles. The molecular formula is C19H21N3O2. The molecule has 1 aromatic heterocycles. The van der Waals surface area contributed by atoms with Crippen LogP contribution in [0, 0.1) is 11.1 Å². The van der Waals surface area contributed by atoms with E-state index in [0.717, 1.165) is 31.5 Å². The maximum absolute atomic E-state index is 12.7. The van der Waals surface area contributed by atoms with Crippen molar-refractivity contribution in [2.75, 3.05) is 13.1 Å². The lowest BCUT2D eigenvalue weighted by Crippen LogP contribution is -2.38. The minimum absolute atomic E-state index is 0.0254. The Kier molecular flexibility index (Phi) is 4.60. The van der Waals surface area contributed by atoms with Crippen LogP contribution >= 0.6 is 0 Å². The second kappa shape index (κ2) is 6.83. The van der Waals surface area contributed by atoms with E-state index < -0.39 is 0 Å². The van der Waals surface area contributed by atoms with Gasteiger partial charge in [0, 0.05) is 30.8 Å². The van der Waals surface area contributed by atoms with Crippen molar-refractivity contribution in [1.82, 2.24) is 9.88 Å². The van der Waals surface area contributed by atoms with Gasteiger partial charge < -0.3 is 10.1 Å². The third-order valence-corrected chi connectivity index (χ3v) is 4.47. The molecule has 0 spiro atoms. The Labute approximate surface area is 141 Å². The summed E-state index contributed by atoms with van der Waals surface area (Å²) in [5.41, 5.74) is 2.37. The van der Waals surface area contributed by atoms with Crippen molar-refractivity contribution in [2.45, 2.75) is 19.8 Å². The molecule has 24 heavy (non-hydrogen) atoms. The van der Waals surface area contributed by atoms with Crippen LogP contribution in [0.2, 0.25) is 0 Å². The Morgan fingerprint density at radius 2 is 1.96 bits per heavy atom. The smallest absolute Gasteiger partial charge is 0.272 e. The molecular weight excluding hydrogens is 302 g/mol. The number of carbonyl (C=O) groups excluding carboxylic acids is 1. The zero-order valence-corrected chi connectivity index (χ0v) is 13.8. The Hall–Kier alpha value is -2.69. The Morgan fingerprint density at radius 1 is 1.25 bits per heavy atom. The molecule has 5 heteroatoms. The van der Waals surface area contributed by atoms with Crippen molar-refractivity contribution in [3.63, 3.8) is 0 Å². The second-order valence-corrected chi connectivity index (χ2v) is 6.31. The van der Waals surface area contributed by atoms with Gasteiger partial charge in [0.15, 0.2) is 0 Å². The van der Waals surface area contributed by atoms with Crippen molar-refractivity contribution >= 4 is 18.3 Å². The summed E-state index contributed by atoms with van der Waals surface area (Å²) in [7, 11) is 0. The first-order valence-corrected chi connectivity index (χ1v) is 8.19. The minimum atomic E-state index is -0.0254. The summed E-state index contributed by atoms with van der Waals surface area (Å²) < 4.78 is 0.563. The van der Waals surface area contributed by atoms with E-state index in [1.807, 2.05) is 23.1 Å². The van der Waals surface area contributed by atoms with Crippen LogP contribution in [-0.2, 0) is 0 Å². The Bertz CT molecular complexity index is 765. The van der Waals surface area contributed by atoms with Crippen LogP contribution in [0.3, 0.4) is 0 Å².